The van der Waals surface area contributed by atoms with E-state index in [-0.39, 0.29) is 0 Å². The summed E-state index contributed by atoms with van der Waals surface area (Å²) in [6.45, 7) is 4.52. The molecule has 0 aromatic heterocycles. The van der Waals surface area contributed by atoms with Gasteiger partial charge in [-0.3, -0.25) is 0 Å². The lowest BCUT2D eigenvalue weighted by molar-refractivity contribution is 0.792. The molecular weight excluding hydrogens is 216 g/mol. The number of benzene rings is 2. The van der Waals surface area contributed by atoms with Crippen LogP contribution in [0.2, 0.25) is 0 Å². The van der Waals surface area contributed by atoms with Gasteiger partial charge in [0, 0.05) is 0 Å². The van der Waals surface area contributed by atoms with E-state index in [4.69, 9.17) is 0 Å². The molecule has 0 spiro atoms. The first kappa shape index (κ1) is 13.1. The molecule has 0 heteroatoms. The summed E-state index contributed by atoms with van der Waals surface area (Å²) in [5, 5.41) is 2.94. The van der Waals surface area contributed by atoms with Crippen molar-refractivity contribution in [2.24, 2.45) is 0 Å². The summed E-state index contributed by atoms with van der Waals surface area (Å²) in [6, 6.07) is 13.6. The van der Waals surface area contributed by atoms with Crippen molar-refractivity contribution in [2.45, 2.75) is 52.4 Å². The number of hydrogen-bond donors (Lipinski definition) is 0. The Kier molecular flexibility index (Phi) is 4.81. The van der Waals surface area contributed by atoms with Gasteiger partial charge >= 0.3 is 0 Å². The third-order valence-corrected chi connectivity index (χ3v) is 3.70. The molecule has 0 aliphatic rings. The average molecular weight is 240 g/mol. The Hall–Kier alpha value is -1.30. The molecule has 0 fully saturated rings. The van der Waals surface area contributed by atoms with E-state index in [1.54, 1.807) is 0 Å². The molecule has 0 amide bonds. The van der Waals surface area contributed by atoms with Crippen LogP contribution in [0.25, 0.3) is 10.8 Å². The molecule has 0 heterocycles. The van der Waals surface area contributed by atoms with Gasteiger partial charge in [0.2, 0.25) is 0 Å². The molecule has 18 heavy (non-hydrogen) atoms. The van der Waals surface area contributed by atoms with E-state index in [0.717, 1.165) is 0 Å². The number of aryl methyl sites for hydroxylation is 2. The van der Waals surface area contributed by atoms with Crippen LogP contribution < -0.4 is 0 Å². The fraction of sp³-hybridized carbons (Fsp3) is 0.444. The fourth-order valence-corrected chi connectivity index (χ4v) is 2.59. The van der Waals surface area contributed by atoms with Crippen molar-refractivity contribution in [3.05, 3.63) is 47.5 Å². The van der Waals surface area contributed by atoms with E-state index in [9.17, 15) is 0 Å². The summed E-state index contributed by atoms with van der Waals surface area (Å²) >= 11 is 0. The lowest BCUT2D eigenvalue weighted by atomic mass is 9.94. The van der Waals surface area contributed by atoms with Gasteiger partial charge in [-0.2, -0.15) is 0 Å². The van der Waals surface area contributed by atoms with Gasteiger partial charge in [-0.15, -0.1) is 0 Å². The molecule has 0 atom stereocenters. The Morgan fingerprint density at radius 1 is 0.667 bits per heavy atom. The zero-order valence-electron chi connectivity index (χ0n) is 11.7. The van der Waals surface area contributed by atoms with E-state index in [2.05, 4.69) is 50.2 Å². The summed E-state index contributed by atoms with van der Waals surface area (Å²) in [7, 11) is 0. The second-order valence-electron chi connectivity index (χ2n) is 5.14. The number of hydrogen-bond acceptors (Lipinski definition) is 0. The van der Waals surface area contributed by atoms with Crippen LogP contribution in [-0.2, 0) is 12.8 Å². The van der Waals surface area contributed by atoms with Crippen LogP contribution in [0.15, 0.2) is 36.4 Å². The van der Waals surface area contributed by atoms with Gasteiger partial charge in [0.05, 0.1) is 0 Å². The van der Waals surface area contributed by atoms with Crippen LogP contribution in [0, 0.1) is 0 Å². The van der Waals surface area contributed by atoms with Gasteiger partial charge in [0.15, 0.2) is 0 Å². The molecule has 0 saturated heterocycles. The van der Waals surface area contributed by atoms with Gasteiger partial charge in [0.25, 0.3) is 0 Å². The summed E-state index contributed by atoms with van der Waals surface area (Å²) in [4.78, 5) is 0. The minimum Gasteiger partial charge on any atom is -0.0654 e. The summed E-state index contributed by atoms with van der Waals surface area (Å²) in [5.74, 6) is 0. The Morgan fingerprint density at radius 2 is 1.11 bits per heavy atom. The van der Waals surface area contributed by atoms with E-state index in [0.29, 0.717) is 0 Å². The molecule has 2 aromatic rings. The van der Waals surface area contributed by atoms with E-state index >= 15 is 0 Å². The second-order valence-corrected chi connectivity index (χ2v) is 5.14. The van der Waals surface area contributed by atoms with Crippen molar-refractivity contribution in [3.8, 4) is 0 Å². The molecule has 0 radical (unpaired) electrons. The first-order valence-electron chi connectivity index (χ1n) is 7.36. The molecule has 2 aromatic carbocycles. The molecule has 0 unspecified atom stereocenters. The first-order valence-corrected chi connectivity index (χ1v) is 7.36. The summed E-state index contributed by atoms with van der Waals surface area (Å²) in [6.07, 6.45) is 7.55. The zero-order valence-corrected chi connectivity index (χ0v) is 11.7. The molecule has 0 bridgehead atoms. The van der Waals surface area contributed by atoms with Crippen molar-refractivity contribution >= 4 is 10.8 Å². The molecule has 0 aliphatic heterocycles. The normalized spacial score (nSPS) is 11.0. The smallest absolute Gasteiger partial charge is 0.0149 e. The highest BCUT2D eigenvalue weighted by molar-refractivity contribution is 5.88. The van der Waals surface area contributed by atoms with Crippen LogP contribution in [0.5, 0.6) is 0 Å². The standard InChI is InChI=1S/C18H24/c1-3-5-9-15-13-14-16(10-6-4-2)18-12-8-7-11-17(15)18/h7-8,11-14H,3-6,9-10H2,1-2H3. The molecule has 2 rings (SSSR count). The Labute approximate surface area is 111 Å². The highest BCUT2D eigenvalue weighted by atomic mass is 14.1. The van der Waals surface area contributed by atoms with E-state index in [1.807, 2.05) is 0 Å². The minimum absolute atomic E-state index is 1.21. The SMILES string of the molecule is CCCCc1ccc(CCCC)c2ccccc12. The van der Waals surface area contributed by atoms with Crippen LogP contribution >= 0.6 is 0 Å². The van der Waals surface area contributed by atoms with E-state index in [1.165, 1.54) is 60.4 Å². The highest BCUT2D eigenvalue weighted by Gasteiger charge is 2.05. The largest absolute Gasteiger partial charge is 0.0654 e. The number of fused-ring (bicyclic) bond motifs is 1. The van der Waals surface area contributed by atoms with Crippen molar-refractivity contribution in [2.75, 3.05) is 0 Å². The monoisotopic (exact) mass is 240 g/mol. The Bertz CT molecular complexity index is 450. The topological polar surface area (TPSA) is 0 Å². The first-order chi connectivity index (χ1) is 8.86. The third-order valence-electron chi connectivity index (χ3n) is 3.70. The quantitative estimate of drug-likeness (QED) is 0.623. The lowest BCUT2D eigenvalue weighted by Gasteiger charge is -2.11. The maximum atomic E-state index is 2.35. The zero-order chi connectivity index (χ0) is 12.8. The van der Waals surface area contributed by atoms with Crippen molar-refractivity contribution in [1.82, 2.24) is 0 Å². The van der Waals surface area contributed by atoms with Gasteiger partial charge in [-0.1, -0.05) is 63.1 Å². The van der Waals surface area contributed by atoms with Crippen LogP contribution in [0.1, 0.15) is 50.7 Å². The molecule has 0 nitrogen and oxygen atoms in total. The van der Waals surface area contributed by atoms with Crippen LogP contribution in [0.3, 0.4) is 0 Å². The highest BCUT2D eigenvalue weighted by Crippen LogP contribution is 2.25. The van der Waals surface area contributed by atoms with Gasteiger partial charge in [-0.25, -0.2) is 0 Å². The average Bonchev–Trinajstić information content (AvgIpc) is 2.43. The molecular formula is C18H24. The van der Waals surface area contributed by atoms with Crippen molar-refractivity contribution < 1.29 is 0 Å². The molecule has 0 N–H and O–H groups in total. The Morgan fingerprint density at radius 3 is 1.50 bits per heavy atom. The van der Waals surface area contributed by atoms with Crippen LogP contribution in [0.4, 0.5) is 0 Å². The maximum absolute atomic E-state index is 2.35. The van der Waals surface area contributed by atoms with Crippen molar-refractivity contribution in [3.63, 3.8) is 0 Å². The van der Waals surface area contributed by atoms with E-state index < -0.39 is 0 Å². The molecule has 0 aliphatic carbocycles. The predicted molar refractivity (Wildman–Crippen MR) is 81.2 cm³/mol. The maximum Gasteiger partial charge on any atom is -0.0149 e. The van der Waals surface area contributed by atoms with Crippen molar-refractivity contribution in [1.29, 1.82) is 0 Å². The second kappa shape index (κ2) is 6.58. The third kappa shape index (κ3) is 2.93. The minimum atomic E-state index is 1.21. The summed E-state index contributed by atoms with van der Waals surface area (Å²) < 4.78 is 0. The predicted octanol–water partition coefficient (Wildman–Crippen LogP) is 5.53. The van der Waals surface area contributed by atoms with Crippen LogP contribution in [-0.4, -0.2) is 0 Å². The Balaban J connectivity index is 2.38. The lowest BCUT2D eigenvalue weighted by Crippen LogP contribution is -1.92. The van der Waals surface area contributed by atoms with Gasteiger partial charge in [-0.05, 0) is 47.6 Å². The van der Waals surface area contributed by atoms with Gasteiger partial charge < -0.3 is 0 Å². The molecule has 0 saturated carbocycles. The summed E-state index contributed by atoms with van der Waals surface area (Å²) in [5.41, 5.74) is 3.04. The number of rotatable bonds is 6. The molecule has 96 valence electrons. The van der Waals surface area contributed by atoms with Gasteiger partial charge in [0.1, 0.15) is 0 Å². The number of unbranched alkanes of at least 4 members (excludes halogenated alkanes) is 2. The fourth-order valence-electron chi connectivity index (χ4n) is 2.59.